The number of nitrogens with zero attached hydrogens (tertiary/aromatic N) is 5. The Morgan fingerprint density at radius 1 is 1.12 bits per heavy atom. The minimum absolute atomic E-state index is 0.143. The molecule has 3 heterocycles. The van der Waals surface area contributed by atoms with Gasteiger partial charge in [0.05, 0.1) is 27.1 Å². The van der Waals surface area contributed by atoms with Crippen LogP contribution in [-0.4, -0.2) is 30.6 Å². The predicted molar refractivity (Wildman–Crippen MR) is 126 cm³/mol. The predicted octanol–water partition coefficient (Wildman–Crippen LogP) is 5.50. The highest BCUT2D eigenvalue weighted by Crippen LogP contribution is 2.29. The molecule has 3 aromatic heterocycles. The Balaban J connectivity index is 1.64. The molecule has 34 heavy (non-hydrogen) atoms. The molecule has 0 aliphatic rings. The van der Waals surface area contributed by atoms with Crippen molar-refractivity contribution in [2.24, 2.45) is 0 Å². The number of hydrogen-bond donors (Lipinski definition) is 1. The fourth-order valence-electron chi connectivity index (χ4n) is 3.25. The molecule has 0 atom stereocenters. The zero-order valence-corrected chi connectivity index (χ0v) is 18.5. The van der Waals surface area contributed by atoms with Gasteiger partial charge in [-0.1, -0.05) is 29.0 Å². The highest BCUT2D eigenvalue weighted by atomic mass is 35.5. The Morgan fingerprint density at radius 3 is 2.62 bits per heavy atom. The Hall–Kier alpha value is -4.22. The molecule has 9 nitrogen and oxygen atoms in total. The number of anilines is 1. The zero-order chi connectivity index (χ0) is 23.8. The normalized spacial score (nSPS) is 11.0. The number of aromatic nitrogens is 4. The molecule has 168 valence electrons. The van der Waals surface area contributed by atoms with Gasteiger partial charge >= 0.3 is 5.00 Å². The molecule has 0 saturated heterocycles. The first-order chi connectivity index (χ1) is 16.4. The van der Waals surface area contributed by atoms with Crippen molar-refractivity contribution in [2.45, 2.75) is 0 Å². The van der Waals surface area contributed by atoms with Crippen LogP contribution < -0.4 is 5.32 Å². The Morgan fingerprint density at radius 2 is 1.91 bits per heavy atom. The van der Waals surface area contributed by atoms with Crippen LogP contribution in [0.2, 0.25) is 5.02 Å². The molecule has 12 heteroatoms. The van der Waals surface area contributed by atoms with Crippen LogP contribution in [0.3, 0.4) is 0 Å². The number of benzene rings is 2. The summed E-state index contributed by atoms with van der Waals surface area (Å²) in [7, 11) is 0. The van der Waals surface area contributed by atoms with E-state index in [2.05, 4.69) is 20.4 Å². The molecular formula is C22H12ClFN6O3S. The first kappa shape index (κ1) is 21.6. The first-order valence-electron chi connectivity index (χ1n) is 9.72. The molecule has 1 N–H and O–H groups in total. The number of rotatable bonds is 5. The third-order valence-corrected chi connectivity index (χ3v) is 6.08. The van der Waals surface area contributed by atoms with Crippen LogP contribution in [0.1, 0.15) is 9.67 Å². The lowest BCUT2D eigenvalue weighted by Gasteiger charge is -2.09. The number of halogens is 2. The fraction of sp³-hybridized carbons (Fsp3) is 0. The summed E-state index contributed by atoms with van der Waals surface area (Å²) in [6.07, 6.45) is 1.50. The Labute approximate surface area is 199 Å². The van der Waals surface area contributed by atoms with Crippen molar-refractivity contribution in [2.75, 3.05) is 5.32 Å². The molecule has 5 aromatic rings. The van der Waals surface area contributed by atoms with Crippen LogP contribution in [0.15, 0.2) is 66.9 Å². The number of fused-ring (bicyclic) bond motifs is 1. The third kappa shape index (κ3) is 4.09. The number of amides is 1. The highest BCUT2D eigenvalue weighted by molar-refractivity contribution is 7.17. The summed E-state index contributed by atoms with van der Waals surface area (Å²) in [6.45, 7) is 0. The van der Waals surface area contributed by atoms with E-state index in [9.17, 15) is 19.3 Å². The number of hydrogen-bond acceptors (Lipinski definition) is 7. The van der Waals surface area contributed by atoms with Gasteiger partial charge in [0.25, 0.3) is 5.91 Å². The quantitative estimate of drug-likeness (QED) is 0.255. The van der Waals surface area contributed by atoms with Gasteiger partial charge in [-0.3, -0.25) is 14.9 Å². The fourth-order valence-corrected chi connectivity index (χ4v) is 4.15. The van der Waals surface area contributed by atoms with E-state index in [1.54, 1.807) is 28.9 Å². The number of thiophene rings is 1. The van der Waals surface area contributed by atoms with Crippen molar-refractivity contribution in [1.82, 2.24) is 19.7 Å². The van der Waals surface area contributed by atoms with Crippen molar-refractivity contribution in [1.29, 1.82) is 0 Å². The lowest BCUT2D eigenvalue weighted by molar-refractivity contribution is -0.380. The van der Waals surface area contributed by atoms with Gasteiger partial charge in [0.15, 0.2) is 11.5 Å². The van der Waals surface area contributed by atoms with Gasteiger partial charge in [0.1, 0.15) is 11.6 Å². The smallest absolute Gasteiger partial charge is 0.305 e. The van der Waals surface area contributed by atoms with Gasteiger partial charge < -0.3 is 5.32 Å². The minimum atomic E-state index is -0.571. The molecule has 0 aliphatic carbocycles. The van der Waals surface area contributed by atoms with Crippen molar-refractivity contribution in [3.05, 3.63) is 92.7 Å². The first-order valence-corrected chi connectivity index (χ1v) is 10.9. The Bertz CT molecular complexity index is 1570. The SMILES string of the molecule is O=C(Nc1nc(-c2ccc(F)cc2)nc2c1cnn2-c1cccc(Cl)c1)c1ccc([N+](=O)[O-])s1. The maximum atomic E-state index is 13.5. The summed E-state index contributed by atoms with van der Waals surface area (Å²) in [5.41, 5.74) is 1.53. The van der Waals surface area contributed by atoms with Crippen LogP contribution in [0.4, 0.5) is 15.2 Å². The van der Waals surface area contributed by atoms with Crippen molar-refractivity contribution in [3.63, 3.8) is 0 Å². The summed E-state index contributed by atoms with van der Waals surface area (Å²) in [6, 6.07) is 15.2. The molecule has 0 spiro atoms. The molecule has 1 amide bonds. The largest absolute Gasteiger partial charge is 0.324 e. The molecule has 2 aromatic carbocycles. The summed E-state index contributed by atoms with van der Waals surface area (Å²) in [5.74, 6) is -0.609. The second-order valence-electron chi connectivity index (χ2n) is 7.03. The van der Waals surface area contributed by atoms with Gasteiger partial charge in [0, 0.05) is 16.7 Å². The van der Waals surface area contributed by atoms with Gasteiger partial charge in [0.2, 0.25) is 0 Å². The second-order valence-corrected chi connectivity index (χ2v) is 8.52. The van der Waals surface area contributed by atoms with Crippen molar-refractivity contribution in [3.8, 4) is 17.1 Å². The highest BCUT2D eigenvalue weighted by Gasteiger charge is 2.20. The molecule has 0 radical (unpaired) electrons. The molecular weight excluding hydrogens is 483 g/mol. The summed E-state index contributed by atoms with van der Waals surface area (Å²) in [4.78, 5) is 32.4. The lowest BCUT2D eigenvalue weighted by atomic mass is 10.2. The number of carbonyl (C=O) groups excluding carboxylic acids is 1. The second kappa shape index (κ2) is 8.61. The van der Waals surface area contributed by atoms with Crippen LogP contribution in [0, 0.1) is 15.9 Å². The number of carbonyl (C=O) groups is 1. The third-order valence-electron chi connectivity index (χ3n) is 4.81. The van der Waals surface area contributed by atoms with E-state index in [0.717, 1.165) is 11.3 Å². The van der Waals surface area contributed by atoms with Gasteiger partial charge in [-0.2, -0.15) is 5.10 Å². The molecule has 0 unspecified atom stereocenters. The summed E-state index contributed by atoms with van der Waals surface area (Å²) < 4.78 is 15.0. The van der Waals surface area contributed by atoms with Crippen LogP contribution in [0.25, 0.3) is 28.1 Å². The minimum Gasteiger partial charge on any atom is -0.305 e. The van der Waals surface area contributed by atoms with Crippen LogP contribution >= 0.6 is 22.9 Å². The summed E-state index contributed by atoms with van der Waals surface area (Å²) >= 11 is 6.88. The van der Waals surface area contributed by atoms with E-state index in [1.165, 1.54) is 42.6 Å². The van der Waals surface area contributed by atoms with E-state index in [1.807, 2.05) is 0 Å². The van der Waals surface area contributed by atoms with Crippen LogP contribution in [0.5, 0.6) is 0 Å². The monoisotopic (exact) mass is 494 g/mol. The maximum Gasteiger partial charge on any atom is 0.324 e. The van der Waals surface area contributed by atoms with Gasteiger partial charge in [-0.25, -0.2) is 19.0 Å². The lowest BCUT2D eigenvalue weighted by Crippen LogP contribution is -2.12. The molecule has 0 bridgehead atoms. The van der Waals surface area contributed by atoms with Crippen LogP contribution in [-0.2, 0) is 0 Å². The van der Waals surface area contributed by atoms with E-state index < -0.39 is 16.6 Å². The van der Waals surface area contributed by atoms with Gasteiger partial charge in [-0.15, -0.1) is 0 Å². The number of nitro groups is 1. The average Bonchev–Trinajstić information content (AvgIpc) is 3.48. The van der Waals surface area contributed by atoms with Crippen molar-refractivity contribution >= 4 is 50.7 Å². The summed E-state index contributed by atoms with van der Waals surface area (Å²) in [5, 5.41) is 18.8. The van der Waals surface area contributed by atoms with E-state index >= 15 is 0 Å². The van der Waals surface area contributed by atoms with Crippen molar-refractivity contribution < 1.29 is 14.1 Å². The van der Waals surface area contributed by atoms with E-state index in [0.29, 0.717) is 27.3 Å². The molecule has 0 saturated carbocycles. The standard InChI is InChI=1S/C22H12ClFN6O3S/c23-13-2-1-3-15(10-13)29-21-16(11-25-29)20(26-19(27-21)12-4-6-14(24)7-5-12)28-22(31)17-8-9-18(34-17)30(32)33/h1-11H,(H,26,27,28,31). The number of nitrogens with one attached hydrogen (secondary N) is 1. The molecule has 0 aliphatic heterocycles. The van der Waals surface area contributed by atoms with E-state index in [-0.39, 0.29) is 21.5 Å². The maximum absolute atomic E-state index is 13.5. The Kier molecular flexibility index (Phi) is 5.48. The molecule has 0 fully saturated rings. The average molecular weight is 495 g/mol. The topological polar surface area (TPSA) is 116 Å². The van der Waals surface area contributed by atoms with E-state index in [4.69, 9.17) is 11.6 Å². The zero-order valence-electron chi connectivity index (χ0n) is 17.0. The van der Waals surface area contributed by atoms with Gasteiger partial charge in [-0.05, 0) is 48.5 Å². The molecule has 5 rings (SSSR count).